The van der Waals surface area contributed by atoms with Crippen LogP contribution in [0.2, 0.25) is 10.0 Å². The molecule has 2 aromatic rings. The highest BCUT2D eigenvalue weighted by Gasteiger charge is 2.18. The minimum absolute atomic E-state index is 0.115. The zero-order chi connectivity index (χ0) is 18.4. The number of anilines is 2. The molecule has 0 aliphatic rings. The molecule has 0 aliphatic carbocycles. The lowest BCUT2D eigenvalue weighted by molar-refractivity contribution is -0.116. The SMILES string of the molecule is CCC(Sc1cccc(NC(C)=O)c1)C(=O)Nc1ccc(Cl)c(Cl)c1. The van der Waals surface area contributed by atoms with Crippen LogP contribution in [-0.2, 0) is 9.59 Å². The first-order chi connectivity index (χ1) is 11.9. The number of hydrogen-bond donors (Lipinski definition) is 2. The van der Waals surface area contributed by atoms with E-state index >= 15 is 0 Å². The van der Waals surface area contributed by atoms with Crippen LogP contribution in [0.1, 0.15) is 20.3 Å². The van der Waals surface area contributed by atoms with E-state index in [-0.39, 0.29) is 17.1 Å². The second-order valence-corrected chi connectivity index (χ2v) is 7.43. The van der Waals surface area contributed by atoms with Crippen LogP contribution in [0.25, 0.3) is 0 Å². The summed E-state index contributed by atoms with van der Waals surface area (Å²) in [6, 6.07) is 12.4. The van der Waals surface area contributed by atoms with E-state index in [2.05, 4.69) is 10.6 Å². The Labute approximate surface area is 161 Å². The Morgan fingerprint density at radius 2 is 1.76 bits per heavy atom. The minimum atomic E-state index is -0.276. The van der Waals surface area contributed by atoms with E-state index < -0.39 is 0 Å². The van der Waals surface area contributed by atoms with Crippen molar-refractivity contribution in [2.24, 2.45) is 0 Å². The van der Waals surface area contributed by atoms with Gasteiger partial charge < -0.3 is 10.6 Å². The molecule has 0 saturated heterocycles. The normalized spacial score (nSPS) is 11.7. The van der Waals surface area contributed by atoms with Crippen LogP contribution in [0.4, 0.5) is 11.4 Å². The molecule has 0 bridgehead atoms. The van der Waals surface area contributed by atoms with Gasteiger partial charge in [-0.2, -0.15) is 0 Å². The second-order valence-electron chi connectivity index (χ2n) is 5.34. The molecule has 1 unspecified atom stereocenters. The Bertz CT molecular complexity index is 783. The van der Waals surface area contributed by atoms with Gasteiger partial charge >= 0.3 is 0 Å². The molecule has 7 heteroatoms. The standard InChI is InChI=1S/C18H18Cl2N2O2S/c1-3-17(18(24)22-13-7-8-15(19)16(20)10-13)25-14-6-4-5-12(9-14)21-11(2)23/h4-10,17H,3H2,1-2H3,(H,21,23)(H,22,24). The predicted octanol–water partition coefficient (Wildman–Crippen LogP) is 5.46. The fourth-order valence-electron chi connectivity index (χ4n) is 2.13. The van der Waals surface area contributed by atoms with Crippen LogP contribution < -0.4 is 10.6 Å². The Kier molecular flexibility index (Phi) is 7.17. The van der Waals surface area contributed by atoms with Gasteiger partial charge in [-0.15, -0.1) is 11.8 Å². The van der Waals surface area contributed by atoms with E-state index in [1.165, 1.54) is 18.7 Å². The Hall–Kier alpha value is -1.69. The molecule has 0 heterocycles. The summed E-state index contributed by atoms with van der Waals surface area (Å²) in [6.45, 7) is 3.41. The third kappa shape index (κ3) is 5.96. The van der Waals surface area contributed by atoms with E-state index in [4.69, 9.17) is 23.2 Å². The van der Waals surface area contributed by atoms with Gasteiger partial charge in [-0.1, -0.05) is 36.2 Å². The van der Waals surface area contributed by atoms with Gasteiger partial charge in [0.25, 0.3) is 0 Å². The molecule has 0 aliphatic heterocycles. The predicted molar refractivity (Wildman–Crippen MR) is 106 cm³/mol. The average molecular weight is 397 g/mol. The molecule has 2 rings (SSSR count). The molecule has 132 valence electrons. The highest BCUT2D eigenvalue weighted by molar-refractivity contribution is 8.00. The molecule has 1 atom stereocenters. The molecule has 0 fully saturated rings. The third-order valence-corrected chi connectivity index (χ3v) is 5.38. The Morgan fingerprint density at radius 1 is 1.04 bits per heavy atom. The van der Waals surface area contributed by atoms with Crippen LogP contribution in [-0.4, -0.2) is 17.1 Å². The summed E-state index contributed by atoms with van der Waals surface area (Å²) in [6.07, 6.45) is 0.655. The first kappa shape index (κ1) is 19.6. The van der Waals surface area contributed by atoms with Crippen LogP contribution in [0, 0.1) is 0 Å². The lowest BCUT2D eigenvalue weighted by atomic mass is 10.2. The number of thioether (sulfide) groups is 1. The van der Waals surface area contributed by atoms with Crippen molar-refractivity contribution in [3.63, 3.8) is 0 Å². The summed E-state index contributed by atoms with van der Waals surface area (Å²) < 4.78 is 0. The molecule has 25 heavy (non-hydrogen) atoms. The number of nitrogens with one attached hydrogen (secondary N) is 2. The maximum Gasteiger partial charge on any atom is 0.237 e. The summed E-state index contributed by atoms with van der Waals surface area (Å²) in [5, 5.41) is 6.15. The first-order valence-electron chi connectivity index (χ1n) is 7.69. The highest BCUT2D eigenvalue weighted by atomic mass is 35.5. The Balaban J connectivity index is 2.07. The van der Waals surface area contributed by atoms with Crippen molar-refractivity contribution in [2.75, 3.05) is 10.6 Å². The third-order valence-electron chi connectivity index (χ3n) is 3.28. The van der Waals surface area contributed by atoms with Gasteiger partial charge in [0.05, 0.1) is 15.3 Å². The lowest BCUT2D eigenvalue weighted by Gasteiger charge is -2.15. The summed E-state index contributed by atoms with van der Waals surface area (Å²) in [4.78, 5) is 24.6. The van der Waals surface area contributed by atoms with Gasteiger partial charge in [0.2, 0.25) is 11.8 Å². The van der Waals surface area contributed by atoms with Crippen LogP contribution in [0.3, 0.4) is 0 Å². The highest BCUT2D eigenvalue weighted by Crippen LogP contribution is 2.29. The second kappa shape index (κ2) is 9.13. The van der Waals surface area contributed by atoms with Crippen molar-refractivity contribution in [3.05, 3.63) is 52.5 Å². The molecule has 0 spiro atoms. The van der Waals surface area contributed by atoms with Crippen molar-refractivity contribution in [1.29, 1.82) is 0 Å². The van der Waals surface area contributed by atoms with Gasteiger partial charge in [0.1, 0.15) is 0 Å². The molecular weight excluding hydrogens is 379 g/mol. The van der Waals surface area contributed by atoms with Crippen molar-refractivity contribution in [3.8, 4) is 0 Å². The largest absolute Gasteiger partial charge is 0.326 e. The monoisotopic (exact) mass is 396 g/mol. The number of carbonyl (C=O) groups excluding carboxylic acids is 2. The summed E-state index contributed by atoms with van der Waals surface area (Å²) in [5.74, 6) is -0.248. The van der Waals surface area contributed by atoms with E-state index in [1.54, 1.807) is 18.2 Å². The smallest absolute Gasteiger partial charge is 0.237 e. The van der Waals surface area contributed by atoms with Crippen LogP contribution >= 0.6 is 35.0 Å². The fourth-order valence-corrected chi connectivity index (χ4v) is 3.44. The van der Waals surface area contributed by atoms with E-state index in [0.717, 1.165) is 4.90 Å². The van der Waals surface area contributed by atoms with Crippen molar-refractivity contribution in [1.82, 2.24) is 0 Å². The van der Waals surface area contributed by atoms with Gasteiger partial charge in [0, 0.05) is 23.2 Å². The first-order valence-corrected chi connectivity index (χ1v) is 9.33. The molecule has 0 aromatic heterocycles. The number of amides is 2. The number of benzene rings is 2. The minimum Gasteiger partial charge on any atom is -0.326 e. The van der Waals surface area contributed by atoms with E-state index in [0.29, 0.717) is 27.8 Å². The zero-order valence-electron chi connectivity index (χ0n) is 13.8. The molecule has 4 nitrogen and oxygen atoms in total. The quantitative estimate of drug-likeness (QED) is 0.637. The maximum absolute atomic E-state index is 12.5. The van der Waals surface area contributed by atoms with Gasteiger partial charge in [0.15, 0.2) is 0 Å². The zero-order valence-corrected chi connectivity index (χ0v) is 16.1. The van der Waals surface area contributed by atoms with E-state index in [9.17, 15) is 9.59 Å². The van der Waals surface area contributed by atoms with Gasteiger partial charge in [-0.25, -0.2) is 0 Å². The average Bonchev–Trinajstić information content (AvgIpc) is 2.55. The number of hydrogen-bond acceptors (Lipinski definition) is 3. The van der Waals surface area contributed by atoms with Crippen LogP contribution in [0.15, 0.2) is 47.4 Å². The molecule has 2 N–H and O–H groups in total. The Morgan fingerprint density at radius 3 is 2.40 bits per heavy atom. The number of carbonyl (C=O) groups is 2. The molecule has 2 aromatic carbocycles. The van der Waals surface area contributed by atoms with Crippen molar-refractivity contribution < 1.29 is 9.59 Å². The summed E-state index contributed by atoms with van der Waals surface area (Å²) >= 11 is 13.3. The number of rotatable bonds is 6. The molecular formula is C18H18Cl2N2O2S. The van der Waals surface area contributed by atoms with Crippen molar-refractivity contribution in [2.45, 2.75) is 30.4 Å². The lowest BCUT2D eigenvalue weighted by Crippen LogP contribution is -2.24. The van der Waals surface area contributed by atoms with Crippen molar-refractivity contribution >= 4 is 58.2 Å². The molecule has 2 amide bonds. The van der Waals surface area contributed by atoms with Gasteiger partial charge in [-0.3, -0.25) is 9.59 Å². The number of halogens is 2. The maximum atomic E-state index is 12.5. The topological polar surface area (TPSA) is 58.2 Å². The molecule has 0 radical (unpaired) electrons. The molecule has 0 saturated carbocycles. The van der Waals surface area contributed by atoms with Crippen LogP contribution in [0.5, 0.6) is 0 Å². The summed E-state index contributed by atoms with van der Waals surface area (Å²) in [5.41, 5.74) is 1.31. The van der Waals surface area contributed by atoms with Gasteiger partial charge in [-0.05, 0) is 42.8 Å². The van der Waals surface area contributed by atoms with E-state index in [1.807, 2.05) is 31.2 Å². The summed E-state index contributed by atoms with van der Waals surface area (Å²) in [7, 11) is 0. The fraction of sp³-hybridized carbons (Fsp3) is 0.222.